The van der Waals surface area contributed by atoms with Gasteiger partial charge in [0.25, 0.3) is 0 Å². The Morgan fingerprint density at radius 3 is 2.42 bits per heavy atom. The van der Waals surface area contributed by atoms with Crippen LogP contribution in [0.15, 0.2) is 0 Å². The average Bonchev–Trinajstić information content (AvgIpc) is 2.17. The highest BCUT2D eigenvalue weighted by Crippen LogP contribution is 2.29. The van der Waals surface area contributed by atoms with Gasteiger partial charge in [0.2, 0.25) is 0 Å². The number of hydrogen-bond acceptors (Lipinski definition) is 1. The summed E-state index contributed by atoms with van der Waals surface area (Å²) in [6.45, 7) is 1.93. The summed E-state index contributed by atoms with van der Waals surface area (Å²) in [6, 6.07) is 0. The molecule has 2 atom stereocenters. The Morgan fingerprint density at radius 2 is 1.92 bits per heavy atom. The van der Waals surface area contributed by atoms with E-state index in [0.717, 1.165) is 12.8 Å². The summed E-state index contributed by atoms with van der Waals surface area (Å²) in [6.07, 6.45) is 11.2. The molecule has 0 aromatic heterocycles. The van der Waals surface area contributed by atoms with E-state index in [1.165, 1.54) is 19.3 Å². The lowest BCUT2D eigenvalue weighted by atomic mass is 9.81. The average molecular weight is 166 g/mol. The predicted molar refractivity (Wildman–Crippen MR) is 50.6 cm³/mol. The Balaban J connectivity index is 2.40. The van der Waals surface area contributed by atoms with E-state index in [0.29, 0.717) is 5.92 Å². The summed E-state index contributed by atoms with van der Waals surface area (Å²) < 4.78 is 0. The Morgan fingerprint density at radius 1 is 1.33 bits per heavy atom. The summed E-state index contributed by atoms with van der Waals surface area (Å²) in [5, 5.41) is 9.80. The second kappa shape index (κ2) is 4.52. The lowest BCUT2D eigenvalue weighted by Crippen LogP contribution is -2.28. The van der Waals surface area contributed by atoms with Crippen LogP contribution < -0.4 is 0 Å². The Hall–Kier alpha value is -0.480. The highest BCUT2D eigenvalue weighted by molar-refractivity contribution is 4.96. The molecular formula is C11H18O. The van der Waals surface area contributed by atoms with E-state index in [-0.39, 0.29) is 12.0 Å². The van der Waals surface area contributed by atoms with Crippen LogP contribution in [0.25, 0.3) is 0 Å². The van der Waals surface area contributed by atoms with Crippen molar-refractivity contribution in [3.05, 3.63) is 0 Å². The first-order valence-electron chi connectivity index (χ1n) is 4.90. The van der Waals surface area contributed by atoms with Gasteiger partial charge < -0.3 is 5.11 Å². The molecule has 0 aliphatic heterocycles. The first-order chi connectivity index (χ1) is 5.75. The topological polar surface area (TPSA) is 20.2 Å². The van der Waals surface area contributed by atoms with Gasteiger partial charge in [-0.3, -0.25) is 0 Å². The largest absolute Gasteiger partial charge is 0.392 e. The van der Waals surface area contributed by atoms with Gasteiger partial charge in [-0.1, -0.05) is 19.3 Å². The van der Waals surface area contributed by atoms with Crippen LogP contribution in [0.3, 0.4) is 0 Å². The quantitative estimate of drug-likeness (QED) is 0.623. The molecule has 0 spiro atoms. The molecule has 0 radical (unpaired) electrons. The van der Waals surface area contributed by atoms with Gasteiger partial charge in [0.15, 0.2) is 0 Å². The summed E-state index contributed by atoms with van der Waals surface area (Å²) in [5.74, 6) is 3.10. The van der Waals surface area contributed by atoms with Gasteiger partial charge >= 0.3 is 0 Å². The molecule has 0 aromatic rings. The molecule has 1 nitrogen and oxygen atoms in total. The van der Waals surface area contributed by atoms with Gasteiger partial charge in [-0.25, -0.2) is 0 Å². The molecule has 0 bridgehead atoms. The molecule has 0 saturated heterocycles. The SMILES string of the molecule is C#C[C@@H](C)[C@H](O)C1CCCCC1. The Bertz CT molecular complexity index is 162. The van der Waals surface area contributed by atoms with Gasteiger partial charge in [0, 0.05) is 5.92 Å². The molecule has 0 heterocycles. The van der Waals surface area contributed by atoms with Crippen LogP contribution in [0.1, 0.15) is 39.0 Å². The van der Waals surface area contributed by atoms with Gasteiger partial charge in [0.05, 0.1) is 6.10 Å². The van der Waals surface area contributed by atoms with Gasteiger partial charge in [-0.15, -0.1) is 12.3 Å². The lowest BCUT2D eigenvalue weighted by Gasteiger charge is -2.28. The predicted octanol–water partition coefficient (Wildman–Crippen LogP) is 2.20. The van der Waals surface area contributed by atoms with E-state index in [1.54, 1.807) is 0 Å². The molecular weight excluding hydrogens is 148 g/mol. The Kier molecular flexibility index (Phi) is 3.62. The van der Waals surface area contributed by atoms with Crippen LogP contribution in [-0.4, -0.2) is 11.2 Å². The minimum absolute atomic E-state index is 0.0214. The van der Waals surface area contributed by atoms with Crippen LogP contribution in [0.4, 0.5) is 0 Å². The number of terminal acetylenes is 1. The molecule has 1 aliphatic carbocycles. The zero-order chi connectivity index (χ0) is 8.97. The van der Waals surface area contributed by atoms with E-state index < -0.39 is 0 Å². The van der Waals surface area contributed by atoms with Crippen molar-refractivity contribution in [2.75, 3.05) is 0 Å². The number of aliphatic hydroxyl groups excluding tert-OH is 1. The second-order valence-corrected chi connectivity index (χ2v) is 3.84. The van der Waals surface area contributed by atoms with Gasteiger partial charge in [0.1, 0.15) is 0 Å². The van der Waals surface area contributed by atoms with Crippen LogP contribution in [0.2, 0.25) is 0 Å². The fourth-order valence-corrected chi connectivity index (χ4v) is 1.98. The van der Waals surface area contributed by atoms with Crippen molar-refractivity contribution in [2.24, 2.45) is 11.8 Å². The molecule has 1 saturated carbocycles. The summed E-state index contributed by atoms with van der Waals surface area (Å²) in [5.41, 5.74) is 0. The molecule has 68 valence electrons. The highest BCUT2D eigenvalue weighted by atomic mass is 16.3. The fourth-order valence-electron chi connectivity index (χ4n) is 1.98. The van der Waals surface area contributed by atoms with Crippen LogP contribution in [-0.2, 0) is 0 Å². The van der Waals surface area contributed by atoms with Crippen molar-refractivity contribution in [1.29, 1.82) is 0 Å². The minimum Gasteiger partial charge on any atom is -0.392 e. The van der Waals surface area contributed by atoms with Gasteiger partial charge in [-0.05, 0) is 25.7 Å². The van der Waals surface area contributed by atoms with E-state index in [2.05, 4.69) is 5.92 Å². The van der Waals surface area contributed by atoms with Crippen molar-refractivity contribution in [3.63, 3.8) is 0 Å². The maximum Gasteiger partial charge on any atom is 0.0702 e. The fraction of sp³-hybridized carbons (Fsp3) is 0.818. The normalized spacial score (nSPS) is 24.4. The molecule has 0 aromatic carbocycles. The molecule has 1 rings (SSSR count). The Labute approximate surface area is 75.2 Å². The van der Waals surface area contributed by atoms with E-state index in [4.69, 9.17) is 6.42 Å². The molecule has 1 heteroatoms. The van der Waals surface area contributed by atoms with Crippen LogP contribution in [0, 0.1) is 24.2 Å². The van der Waals surface area contributed by atoms with Crippen LogP contribution >= 0.6 is 0 Å². The number of hydrogen-bond donors (Lipinski definition) is 1. The van der Waals surface area contributed by atoms with Crippen molar-refractivity contribution < 1.29 is 5.11 Å². The molecule has 0 unspecified atom stereocenters. The highest BCUT2D eigenvalue weighted by Gasteiger charge is 2.24. The molecule has 1 fully saturated rings. The third kappa shape index (κ3) is 2.25. The van der Waals surface area contributed by atoms with E-state index >= 15 is 0 Å². The molecule has 1 N–H and O–H groups in total. The molecule has 1 aliphatic rings. The standard InChI is InChI=1S/C11H18O/c1-3-9(2)11(12)10-7-5-4-6-8-10/h1,9-12H,4-8H2,2H3/t9-,11+/m1/s1. The first kappa shape index (κ1) is 9.61. The number of aliphatic hydroxyl groups is 1. The zero-order valence-electron chi connectivity index (χ0n) is 7.79. The third-order valence-corrected chi connectivity index (χ3v) is 2.91. The van der Waals surface area contributed by atoms with Crippen molar-refractivity contribution in [2.45, 2.75) is 45.1 Å². The van der Waals surface area contributed by atoms with Crippen molar-refractivity contribution in [3.8, 4) is 12.3 Å². The summed E-state index contributed by atoms with van der Waals surface area (Å²) in [4.78, 5) is 0. The monoisotopic (exact) mass is 166 g/mol. The lowest BCUT2D eigenvalue weighted by molar-refractivity contribution is 0.0587. The molecule has 12 heavy (non-hydrogen) atoms. The maximum atomic E-state index is 9.80. The summed E-state index contributed by atoms with van der Waals surface area (Å²) >= 11 is 0. The number of rotatable bonds is 2. The zero-order valence-corrected chi connectivity index (χ0v) is 7.79. The smallest absolute Gasteiger partial charge is 0.0702 e. The summed E-state index contributed by atoms with van der Waals surface area (Å²) in [7, 11) is 0. The van der Waals surface area contributed by atoms with Crippen LogP contribution in [0.5, 0.6) is 0 Å². The first-order valence-corrected chi connectivity index (χ1v) is 4.90. The minimum atomic E-state index is -0.268. The van der Waals surface area contributed by atoms with E-state index in [1.807, 2.05) is 6.92 Å². The van der Waals surface area contributed by atoms with Crippen molar-refractivity contribution in [1.82, 2.24) is 0 Å². The van der Waals surface area contributed by atoms with Gasteiger partial charge in [-0.2, -0.15) is 0 Å². The van der Waals surface area contributed by atoms with E-state index in [9.17, 15) is 5.11 Å². The maximum absolute atomic E-state index is 9.80. The molecule has 0 amide bonds. The third-order valence-electron chi connectivity index (χ3n) is 2.91. The van der Waals surface area contributed by atoms with Crippen molar-refractivity contribution >= 4 is 0 Å². The second-order valence-electron chi connectivity index (χ2n) is 3.84.